The van der Waals surface area contributed by atoms with Gasteiger partial charge < -0.3 is 15.4 Å². The van der Waals surface area contributed by atoms with Crippen molar-refractivity contribution in [1.29, 1.82) is 0 Å². The van der Waals surface area contributed by atoms with Crippen molar-refractivity contribution in [2.75, 3.05) is 19.0 Å². The van der Waals surface area contributed by atoms with E-state index in [0.29, 0.717) is 23.6 Å². The highest BCUT2D eigenvalue weighted by Gasteiger charge is 2.09. The minimum Gasteiger partial charge on any atom is -0.496 e. The summed E-state index contributed by atoms with van der Waals surface area (Å²) >= 11 is 6.00. The molecule has 144 valence electrons. The third kappa shape index (κ3) is 5.02. The lowest BCUT2D eigenvalue weighted by Crippen LogP contribution is -2.26. The molecule has 2 aromatic carbocycles. The van der Waals surface area contributed by atoms with E-state index in [4.69, 9.17) is 16.3 Å². The standard InChI is InChI=1S/C22H22ClN3O2/c1-15-11-18(23)7-8-20(15)26-19-12-17(13-24-14-19)22(27)25-10-9-16-5-3-4-6-21(16)28-2/h3-8,11-14,26H,9-10H2,1-2H3,(H,25,27). The Balaban J connectivity index is 1.62. The molecule has 0 spiro atoms. The average molecular weight is 396 g/mol. The molecular formula is C22H22ClN3O2. The van der Waals surface area contributed by atoms with E-state index in [1.54, 1.807) is 25.6 Å². The fraction of sp³-hybridized carbons (Fsp3) is 0.182. The van der Waals surface area contributed by atoms with Gasteiger partial charge in [-0.15, -0.1) is 0 Å². The van der Waals surface area contributed by atoms with Gasteiger partial charge in [0.05, 0.1) is 24.6 Å². The maximum atomic E-state index is 12.5. The molecule has 0 aliphatic rings. The zero-order valence-corrected chi connectivity index (χ0v) is 16.6. The van der Waals surface area contributed by atoms with Gasteiger partial charge in [0.25, 0.3) is 5.91 Å². The summed E-state index contributed by atoms with van der Waals surface area (Å²) in [6.45, 7) is 2.48. The number of anilines is 2. The lowest BCUT2D eigenvalue weighted by atomic mass is 10.1. The molecular weight excluding hydrogens is 374 g/mol. The van der Waals surface area contributed by atoms with Crippen molar-refractivity contribution < 1.29 is 9.53 Å². The predicted molar refractivity (Wildman–Crippen MR) is 113 cm³/mol. The number of halogens is 1. The number of para-hydroxylation sites is 1. The van der Waals surface area contributed by atoms with Gasteiger partial charge in [0.1, 0.15) is 5.75 Å². The van der Waals surface area contributed by atoms with Crippen molar-refractivity contribution in [3.05, 3.63) is 82.6 Å². The van der Waals surface area contributed by atoms with Crippen LogP contribution in [0.5, 0.6) is 5.75 Å². The highest BCUT2D eigenvalue weighted by atomic mass is 35.5. The smallest absolute Gasteiger partial charge is 0.252 e. The predicted octanol–water partition coefficient (Wildman–Crippen LogP) is 4.77. The molecule has 1 heterocycles. The number of hydrogen-bond acceptors (Lipinski definition) is 4. The molecule has 0 atom stereocenters. The average Bonchev–Trinajstić information content (AvgIpc) is 2.70. The Morgan fingerprint density at radius 2 is 1.96 bits per heavy atom. The van der Waals surface area contributed by atoms with Crippen LogP contribution in [0.15, 0.2) is 60.9 Å². The van der Waals surface area contributed by atoms with Gasteiger partial charge in [-0.3, -0.25) is 9.78 Å². The highest BCUT2D eigenvalue weighted by molar-refractivity contribution is 6.30. The summed E-state index contributed by atoms with van der Waals surface area (Å²) < 4.78 is 5.34. The minimum atomic E-state index is -0.168. The number of benzene rings is 2. The van der Waals surface area contributed by atoms with Crippen molar-refractivity contribution in [3.8, 4) is 5.75 Å². The van der Waals surface area contributed by atoms with Crippen molar-refractivity contribution in [3.63, 3.8) is 0 Å². The fourth-order valence-corrected chi connectivity index (χ4v) is 3.10. The summed E-state index contributed by atoms with van der Waals surface area (Å²) in [5.41, 5.74) is 4.22. The number of methoxy groups -OCH3 is 1. The van der Waals surface area contributed by atoms with Gasteiger partial charge in [0.2, 0.25) is 0 Å². The zero-order valence-electron chi connectivity index (χ0n) is 15.8. The topological polar surface area (TPSA) is 63.2 Å². The van der Waals surface area contributed by atoms with Crippen LogP contribution in [-0.4, -0.2) is 24.5 Å². The summed E-state index contributed by atoms with van der Waals surface area (Å²) in [5, 5.41) is 6.89. The van der Waals surface area contributed by atoms with Gasteiger partial charge in [0.15, 0.2) is 0 Å². The van der Waals surface area contributed by atoms with Crippen molar-refractivity contribution >= 4 is 28.9 Å². The van der Waals surface area contributed by atoms with Crippen LogP contribution in [0.1, 0.15) is 21.5 Å². The van der Waals surface area contributed by atoms with E-state index in [1.807, 2.05) is 49.4 Å². The van der Waals surface area contributed by atoms with Crippen LogP contribution >= 0.6 is 11.6 Å². The van der Waals surface area contributed by atoms with E-state index < -0.39 is 0 Å². The molecule has 3 rings (SSSR count). The van der Waals surface area contributed by atoms with E-state index >= 15 is 0 Å². The number of carbonyl (C=O) groups is 1. The Morgan fingerprint density at radius 3 is 2.75 bits per heavy atom. The molecule has 0 bridgehead atoms. The first-order valence-electron chi connectivity index (χ1n) is 8.95. The number of carbonyl (C=O) groups excluding carboxylic acids is 1. The number of pyridine rings is 1. The monoisotopic (exact) mass is 395 g/mol. The van der Waals surface area contributed by atoms with Gasteiger partial charge in [-0.2, -0.15) is 0 Å². The first kappa shape index (κ1) is 19.7. The van der Waals surface area contributed by atoms with Crippen molar-refractivity contribution in [1.82, 2.24) is 10.3 Å². The van der Waals surface area contributed by atoms with Crippen LogP contribution in [-0.2, 0) is 6.42 Å². The molecule has 1 aromatic heterocycles. The summed E-state index contributed by atoms with van der Waals surface area (Å²) in [6, 6.07) is 15.2. The third-order valence-electron chi connectivity index (χ3n) is 4.34. The number of nitrogens with zero attached hydrogens (tertiary/aromatic N) is 1. The number of rotatable bonds is 7. The maximum absolute atomic E-state index is 12.5. The van der Waals surface area contributed by atoms with Gasteiger partial charge in [0, 0.05) is 23.5 Å². The Kier molecular flexibility index (Phi) is 6.50. The second-order valence-electron chi connectivity index (χ2n) is 6.36. The first-order valence-corrected chi connectivity index (χ1v) is 9.33. The summed E-state index contributed by atoms with van der Waals surface area (Å²) in [7, 11) is 1.64. The van der Waals surface area contributed by atoms with E-state index in [-0.39, 0.29) is 5.91 Å². The van der Waals surface area contributed by atoms with Crippen molar-refractivity contribution in [2.45, 2.75) is 13.3 Å². The second-order valence-corrected chi connectivity index (χ2v) is 6.80. The SMILES string of the molecule is COc1ccccc1CCNC(=O)c1cncc(Nc2ccc(Cl)cc2C)c1. The molecule has 28 heavy (non-hydrogen) atoms. The largest absolute Gasteiger partial charge is 0.496 e. The first-order chi connectivity index (χ1) is 13.6. The molecule has 0 fully saturated rings. The second kappa shape index (κ2) is 9.24. The van der Waals surface area contributed by atoms with Crippen molar-refractivity contribution in [2.24, 2.45) is 0 Å². The molecule has 0 saturated heterocycles. The number of hydrogen-bond donors (Lipinski definition) is 2. The molecule has 5 nitrogen and oxygen atoms in total. The quantitative estimate of drug-likeness (QED) is 0.605. The number of aromatic nitrogens is 1. The molecule has 1 amide bonds. The Morgan fingerprint density at radius 1 is 1.14 bits per heavy atom. The molecule has 6 heteroatoms. The van der Waals surface area contributed by atoms with E-state index in [0.717, 1.165) is 28.3 Å². The van der Waals surface area contributed by atoms with Crippen LogP contribution in [0, 0.1) is 6.92 Å². The van der Waals surface area contributed by atoms with Gasteiger partial charge in [-0.25, -0.2) is 0 Å². The molecule has 0 unspecified atom stereocenters. The summed E-state index contributed by atoms with van der Waals surface area (Å²) in [4.78, 5) is 16.7. The van der Waals surface area contributed by atoms with Crippen LogP contribution < -0.4 is 15.4 Å². The lowest BCUT2D eigenvalue weighted by molar-refractivity contribution is 0.0953. The van der Waals surface area contributed by atoms with Gasteiger partial charge >= 0.3 is 0 Å². The minimum absolute atomic E-state index is 0.168. The van der Waals surface area contributed by atoms with E-state index in [2.05, 4.69) is 15.6 Å². The highest BCUT2D eigenvalue weighted by Crippen LogP contribution is 2.23. The molecule has 2 N–H and O–H groups in total. The number of ether oxygens (including phenoxy) is 1. The Bertz CT molecular complexity index is 976. The lowest BCUT2D eigenvalue weighted by Gasteiger charge is -2.11. The normalized spacial score (nSPS) is 10.4. The molecule has 0 aliphatic heterocycles. The molecule has 3 aromatic rings. The zero-order chi connectivity index (χ0) is 19.9. The maximum Gasteiger partial charge on any atom is 0.252 e. The fourth-order valence-electron chi connectivity index (χ4n) is 2.88. The van der Waals surface area contributed by atoms with Gasteiger partial charge in [-0.1, -0.05) is 29.8 Å². The Labute approximate surface area is 169 Å². The van der Waals surface area contributed by atoms with E-state index in [1.165, 1.54) is 0 Å². The van der Waals surface area contributed by atoms with Crippen LogP contribution in [0.2, 0.25) is 5.02 Å². The van der Waals surface area contributed by atoms with Crippen LogP contribution in [0.4, 0.5) is 11.4 Å². The molecule has 0 saturated carbocycles. The Hall–Kier alpha value is -3.05. The molecule has 0 radical (unpaired) electrons. The van der Waals surface area contributed by atoms with Crippen LogP contribution in [0.25, 0.3) is 0 Å². The van der Waals surface area contributed by atoms with E-state index in [9.17, 15) is 4.79 Å². The van der Waals surface area contributed by atoms with Crippen LogP contribution in [0.3, 0.4) is 0 Å². The number of nitrogens with one attached hydrogen (secondary N) is 2. The molecule has 0 aliphatic carbocycles. The summed E-state index contributed by atoms with van der Waals surface area (Å²) in [6.07, 6.45) is 3.92. The van der Waals surface area contributed by atoms with Gasteiger partial charge in [-0.05, 0) is 54.8 Å². The summed E-state index contributed by atoms with van der Waals surface area (Å²) in [5.74, 6) is 0.654. The third-order valence-corrected chi connectivity index (χ3v) is 4.58. The number of amides is 1. The number of aryl methyl sites for hydroxylation is 1.